The van der Waals surface area contributed by atoms with Crippen LogP contribution in [0.25, 0.3) is 0 Å². The normalized spacial score (nSPS) is 12.5. The summed E-state index contributed by atoms with van der Waals surface area (Å²) in [5.74, 6) is -0.825. The summed E-state index contributed by atoms with van der Waals surface area (Å²) in [6.07, 6.45) is 0. The van der Waals surface area contributed by atoms with Crippen molar-refractivity contribution >= 4 is 39.3 Å². The molecule has 2 rings (SSSR count). The number of hydrogen-bond acceptors (Lipinski definition) is 4. The van der Waals surface area contributed by atoms with Crippen LogP contribution in [0.2, 0.25) is 5.02 Å². The second kappa shape index (κ2) is 11.9. The van der Waals surface area contributed by atoms with Gasteiger partial charge in [-0.05, 0) is 69.5 Å². The second-order valence-corrected chi connectivity index (χ2v) is 11.6. The number of nitrogens with one attached hydrogen (secondary N) is 1. The van der Waals surface area contributed by atoms with E-state index in [1.54, 1.807) is 44.2 Å². The zero-order chi connectivity index (χ0) is 26.5. The van der Waals surface area contributed by atoms with Gasteiger partial charge in [-0.2, -0.15) is 12.7 Å². The summed E-state index contributed by atoms with van der Waals surface area (Å²) < 4.78 is 28.7. The van der Waals surface area contributed by atoms with Gasteiger partial charge in [0.2, 0.25) is 11.8 Å². The molecule has 0 aliphatic rings. The Kier molecular flexibility index (Phi) is 9.71. The summed E-state index contributed by atoms with van der Waals surface area (Å²) in [6, 6.07) is 11.4. The molecule has 0 bridgehead atoms. The minimum Gasteiger partial charge on any atom is -0.352 e. The first kappa shape index (κ1) is 28.6. The van der Waals surface area contributed by atoms with Gasteiger partial charge in [-0.3, -0.25) is 9.59 Å². The maximum atomic E-state index is 13.7. The Bertz CT molecular complexity index is 1150. The molecule has 1 N–H and O–H groups in total. The van der Waals surface area contributed by atoms with Crippen molar-refractivity contribution in [1.82, 2.24) is 14.5 Å². The maximum absolute atomic E-state index is 13.7. The predicted molar refractivity (Wildman–Crippen MR) is 141 cm³/mol. The van der Waals surface area contributed by atoms with Gasteiger partial charge < -0.3 is 10.2 Å². The van der Waals surface area contributed by atoms with Gasteiger partial charge in [0.15, 0.2) is 0 Å². The van der Waals surface area contributed by atoms with Crippen LogP contribution in [0, 0.1) is 13.8 Å². The Labute approximate surface area is 214 Å². The third-order valence-corrected chi connectivity index (χ3v) is 7.57. The molecule has 0 unspecified atom stereocenters. The highest BCUT2D eigenvalue weighted by molar-refractivity contribution is 7.90. The summed E-state index contributed by atoms with van der Waals surface area (Å²) in [7, 11) is -1.16. The largest absolute Gasteiger partial charge is 0.352 e. The molecule has 1 atom stereocenters. The Morgan fingerprint density at radius 1 is 1.00 bits per heavy atom. The molecule has 0 aromatic heterocycles. The van der Waals surface area contributed by atoms with Crippen molar-refractivity contribution in [3.05, 3.63) is 64.2 Å². The summed E-state index contributed by atoms with van der Waals surface area (Å²) in [5, 5.41) is 3.38. The van der Waals surface area contributed by atoms with Crippen LogP contribution in [0.15, 0.2) is 42.5 Å². The number of nitrogens with zero attached hydrogens (tertiary/aromatic N) is 3. The molecule has 2 aromatic carbocycles. The highest BCUT2D eigenvalue weighted by atomic mass is 35.5. The molecule has 0 aliphatic heterocycles. The van der Waals surface area contributed by atoms with Crippen molar-refractivity contribution in [1.29, 1.82) is 0 Å². The molecule has 35 heavy (non-hydrogen) atoms. The van der Waals surface area contributed by atoms with Gasteiger partial charge in [-0.1, -0.05) is 35.9 Å². The van der Waals surface area contributed by atoms with Crippen LogP contribution in [0.5, 0.6) is 0 Å². The van der Waals surface area contributed by atoms with E-state index >= 15 is 0 Å². The quantitative estimate of drug-likeness (QED) is 0.517. The molecule has 8 nitrogen and oxygen atoms in total. The van der Waals surface area contributed by atoms with Gasteiger partial charge in [0.05, 0.1) is 5.69 Å². The van der Waals surface area contributed by atoms with E-state index in [4.69, 9.17) is 11.6 Å². The highest BCUT2D eigenvalue weighted by Gasteiger charge is 2.33. The van der Waals surface area contributed by atoms with Crippen LogP contribution in [0.1, 0.15) is 37.5 Å². The lowest BCUT2D eigenvalue weighted by Crippen LogP contribution is -2.53. The minimum absolute atomic E-state index is 0.113. The third-order valence-electron chi connectivity index (χ3n) is 5.52. The predicted octanol–water partition coefficient (Wildman–Crippen LogP) is 3.51. The summed E-state index contributed by atoms with van der Waals surface area (Å²) in [4.78, 5) is 27.9. The van der Waals surface area contributed by atoms with E-state index in [1.807, 2.05) is 32.9 Å². The van der Waals surface area contributed by atoms with Crippen LogP contribution in [0.4, 0.5) is 5.69 Å². The van der Waals surface area contributed by atoms with Crippen molar-refractivity contribution in [3.63, 3.8) is 0 Å². The fourth-order valence-electron chi connectivity index (χ4n) is 3.46. The van der Waals surface area contributed by atoms with Crippen LogP contribution in [-0.4, -0.2) is 62.2 Å². The standard InChI is InChI=1S/C25H35ClN4O4S/c1-17(2)27-25(32)20(5)29(15-21-10-12-22(26)13-11-21)24(31)16-30(35(33,34)28(6)7)23-14-18(3)8-9-19(23)4/h8-14,17,20H,15-16H2,1-7H3,(H,27,32)/t20-/m1/s1. The average Bonchev–Trinajstić information content (AvgIpc) is 2.77. The molecule has 0 spiro atoms. The number of hydrogen-bond donors (Lipinski definition) is 1. The number of benzene rings is 2. The van der Waals surface area contributed by atoms with Crippen LogP contribution in [-0.2, 0) is 26.3 Å². The third kappa shape index (κ3) is 7.43. The van der Waals surface area contributed by atoms with E-state index in [0.717, 1.165) is 19.7 Å². The highest BCUT2D eigenvalue weighted by Crippen LogP contribution is 2.26. The molecule has 0 heterocycles. The van der Waals surface area contributed by atoms with Gasteiger partial charge in [0.1, 0.15) is 12.6 Å². The minimum atomic E-state index is -4.00. The summed E-state index contributed by atoms with van der Waals surface area (Å²) in [5.41, 5.74) is 2.75. The average molecular weight is 523 g/mol. The molecule has 0 saturated carbocycles. The van der Waals surface area contributed by atoms with E-state index in [0.29, 0.717) is 16.3 Å². The molecular weight excluding hydrogens is 488 g/mol. The first-order valence-corrected chi connectivity index (χ1v) is 13.1. The van der Waals surface area contributed by atoms with Crippen molar-refractivity contribution in [3.8, 4) is 0 Å². The Hall–Kier alpha value is -2.62. The number of anilines is 1. The van der Waals surface area contributed by atoms with Crippen molar-refractivity contribution in [2.45, 2.75) is 53.2 Å². The zero-order valence-electron chi connectivity index (χ0n) is 21.4. The van der Waals surface area contributed by atoms with Gasteiger partial charge in [-0.15, -0.1) is 0 Å². The van der Waals surface area contributed by atoms with Gasteiger partial charge in [-0.25, -0.2) is 4.31 Å². The number of carbonyl (C=O) groups excluding carboxylic acids is 2. The smallest absolute Gasteiger partial charge is 0.304 e. The monoisotopic (exact) mass is 522 g/mol. The Morgan fingerprint density at radius 2 is 1.60 bits per heavy atom. The maximum Gasteiger partial charge on any atom is 0.304 e. The topological polar surface area (TPSA) is 90.0 Å². The number of carbonyl (C=O) groups is 2. The van der Waals surface area contributed by atoms with Crippen LogP contribution < -0.4 is 9.62 Å². The van der Waals surface area contributed by atoms with E-state index in [-0.39, 0.29) is 18.5 Å². The van der Waals surface area contributed by atoms with E-state index in [9.17, 15) is 18.0 Å². The number of rotatable bonds is 10. The second-order valence-electron chi connectivity index (χ2n) is 9.07. The molecule has 0 saturated heterocycles. The SMILES string of the molecule is Cc1ccc(C)c(N(CC(=O)N(Cc2ccc(Cl)cc2)[C@H](C)C(=O)NC(C)C)S(=O)(=O)N(C)C)c1. The van der Waals surface area contributed by atoms with Crippen LogP contribution in [0.3, 0.4) is 0 Å². The van der Waals surface area contributed by atoms with Crippen LogP contribution >= 0.6 is 11.6 Å². The molecule has 2 aromatic rings. The lowest BCUT2D eigenvalue weighted by Gasteiger charge is -2.33. The number of aryl methyl sites for hydroxylation is 2. The van der Waals surface area contributed by atoms with E-state index in [2.05, 4.69) is 5.32 Å². The molecular formula is C25H35ClN4O4S. The zero-order valence-corrected chi connectivity index (χ0v) is 22.9. The fourth-order valence-corrected chi connectivity index (χ4v) is 4.70. The molecule has 192 valence electrons. The first-order valence-electron chi connectivity index (χ1n) is 11.4. The Balaban J connectivity index is 2.50. The first-order chi connectivity index (χ1) is 16.2. The van der Waals surface area contributed by atoms with E-state index in [1.165, 1.54) is 19.0 Å². The van der Waals surface area contributed by atoms with E-state index < -0.39 is 28.7 Å². The van der Waals surface area contributed by atoms with Gasteiger partial charge >= 0.3 is 10.2 Å². The van der Waals surface area contributed by atoms with Crippen molar-refractivity contribution < 1.29 is 18.0 Å². The summed E-state index contributed by atoms with van der Waals surface area (Å²) >= 11 is 6.00. The Morgan fingerprint density at radius 3 is 2.14 bits per heavy atom. The molecule has 0 fully saturated rings. The number of amides is 2. The van der Waals surface area contributed by atoms with Crippen molar-refractivity contribution in [2.75, 3.05) is 24.9 Å². The van der Waals surface area contributed by atoms with Crippen molar-refractivity contribution in [2.24, 2.45) is 0 Å². The van der Waals surface area contributed by atoms with Gasteiger partial charge in [0, 0.05) is 31.7 Å². The molecule has 10 heteroatoms. The molecule has 0 aliphatic carbocycles. The summed E-state index contributed by atoms with van der Waals surface area (Å²) in [6.45, 7) is 8.61. The fraction of sp³-hybridized carbons (Fsp3) is 0.440. The lowest BCUT2D eigenvalue weighted by atomic mass is 10.1. The lowest BCUT2D eigenvalue weighted by molar-refractivity contribution is -0.139. The number of halogens is 1. The molecule has 0 radical (unpaired) electrons. The van der Waals surface area contributed by atoms with Gasteiger partial charge in [0.25, 0.3) is 0 Å². The molecule has 2 amide bonds.